The third kappa shape index (κ3) is 2.90. The molecule has 0 bridgehead atoms. The van der Waals surface area contributed by atoms with Crippen LogP contribution >= 0.6 is 0 Å². The van der Waals surface area contributed by atoms with Crippen molar-refractivity contribution in [2.75, 3.05) is 35.0 Å². The highest BCUT2D eigenvalue weighted by molar-refractivity contribution is 5.92. The summed E-state index contributed by atoms with van der Waals surface area (Å²) >= 11 is 0. The van der Waals surface area contributed by atoms with Gasteiger partial charge in [-0.25, -0.2) is 0 Å². The molecule has 2 N–H and O–H groups in total. The zero-order valence-corrected chi connectivity index (χ0v) is 13.6. The van der Waals surface area contributed by atoms with E-state index < -0.39 is 0 Å². The number of hydrogen-bond acceptors (Lipinski definition) is 5. The molecule has 0 aliphatic rings. The van der Waals surface area contributed by atoms with Crippen LogP contribution in [0.5, 0.6) is 23.0 Å². The Morgan fingerprint density at radius 3 is 1.95 bits per heavy atom. The number of ether oxygens (including phenoxy) is 4. The zero-order valence-electron chi connectivity index (χ0n) is 13.6. The number of nitrogens with two attached hydrogens (primary N) is 1. The smallest absolute Gasteiger partial charge is 0.164 e. The molecular weight excluding hydrogens is 282 g/mol. The number of benzene rings is 2. The Hall–Kier alpha value is -2.14. The Labute approximate surface area is 130 Å². The van der Waals surface area contributed by atoms with Crippen LogP contribution in [0.4, 0.5) is 0 Å². The molecule has 22 heavy (non-hydrogen) atoms. The summed E-state index contributed by atoms with van der Waals surface area (Å²) in [6.45, 7) is 0.620. The molecule has 5 heteroatoms. The fraction of sp³-hybridized carbons (Fsp3) is 0.412. The van der Waals surface area contributed by atoms with Crippen LogP contribution < -0.4 is 24.7 Å². The molecule has 5 nitrogen and oxygen atoms in total. The summed E-state index contributed by atoms with van der Waals surface area (Å²) in [5.41, 5.74) is 6.74. The number of aryl methyl sites for hydroxylation is 1. The zero-order chi connectivity index (χ0) is 16.1. The van der Waals surface area contributed by atoms with E-state index in [-0.39, 0.29) is 0 Å². The minimum atomic E-state index is 0.620. The minimum Gasteiger partial charge on any atom is -0.493 e. The third-order valence-electron chi connectivity index (χ3n) is 3.72. The summed E-state index contributed by atoms with van der Waals surface area (Å²) in [4.78, 5) is 0. The summed E-state index contributed by atoms with van der Waals surface area (Å²) < 4.78 is 21.8. The maximum Gasteiger partial charge on any atom is 0.164 e. The van der Waals surface area contributed by atoms with Gasteiger partial charge < -0.3 is 24.7 Å². The first kappa shape index (κ1) is 16.2. The van der Waals surface area contributed by atoms with E-state index >= 15 is 0 Å². The highest BCUT2D eigenvalue weighted by Crippen LogP contribution is 2.42. The highest BCUT2D eigenvalue weighted by atomic mass is 16.5. The predicted molar refractivity (Wildman–Crippen MR) is 87.5 cm³/mol. The first-order valence-corrected chi connectivity index (χ1v) is 7.19. The van der Waals surface area contributed by atoms with Gasteiger partial charge >= 0.3 is 0 Å². The van der Waals surface area contributed by atoms with Gasteiger partial charge in [-0.3, -0.25) is 0 Å². The molecule has 120 valence electrons. The van der Waals surface area contributed by atoms with Crippen LogP contribution in [0, 0.1) is 0 Å². The van der Waals surface area contributed by atoms with Gasteiger partial charge in [0.05, 0.1) is 28.4 Å². The molecule has 0 spiro atoms. The molecule has 0 unspecified atom stereocenters. The van der Waals surface area contributed by atoms with E-state index in [1.54, 1.807) is 28.4 Å². The lowest BCUT2D eigenvalue weighted by molar-refractivity contribution is 0.351. The fourth-order valence-corrected chi connectivity index (χ4v) is 2.66. The van der Waals surface area contributed by atoms with Gasteiger partial charge in [0.15, 0.2) is 23.0 Å². The van der Waals surface area contributed by atoms with E-state index in [2.05, 4.69) is 0 Å². The average Bonchev–Trinajstić information content (AvgIpc) is 2.57. The molecule has 0 aliphatic heterocycles. The highest BCUT2D eigenvalue weighted by Gasteiger charge is 2.17. The largest absolute Gasteiger partial charge is 0.493 e. The Morgan fingerprint density at radius 2 is 1.41 bits per heavy atom. The first-order chi connectivity index (χ1) is 10.7. The molecule has 0 atom stereocenters. The number of hydrogen-bond donors (Lipinski definition) is 1. The van der Waals surface area contributed by atoms with Crippen molar-refractivity contribution in [1.29, 1.82) is 0 Å². The van der Waals surface area contributed by atoms with E-state index in [4.69, 9.17) is 24.7 Å². The lowest BCUT2D eigenvalue weighted by Crippen LogP contribution is -2.04. The van der Waals surface area contributed by atoms with E-state index in [1.165, 1.54) is 0 Å². The Balaban J connectivity index is 2.76. The standard InChI is InChI=1S/C17H23NO4/c1-19-14-8-11-9-16(21-3)17(22-4)12(6-5-7-18)13(11)10-15(14)20-2/h8-10H,5-7,18H2,1-4H3. The third-order valence-corrected chi connectivity index (χ3v) is 3.72. The Bertz CT molecular complexity index is 650. The molecule has 2 rings (SSSR count). The lowest BCUT2D eigenvalue weighted by Gasteiger charge is -2.17. The van der Waals surface area contributed by atoms with Crippen LogP contribution in [-0.4, -0.2) is 35.0 Å². The van der Waals surface area contributed by atoms with Crippen LogP contribution in [0.3, 0.4) is 0 Å². The fourth-order valence-electron chi connectivity index (χ4n) is 2.66. The maximum absolute atomic E-state index is 5.67. The molecule has 2 aromatic carbocycles. The van der Waals surface area contributed by atoms with Gasteiger partial charge in [-0.1, -0.05) is 0 Å². The van der Waals surface area contributed by atoms with Gasteiger partial charge in [0.1, 0.15) is 0 Å². The maximum atomic E-state index is 5.67. The molecule has 0 saturated carbocycles. The summed E-state index contributed by atoms with van der Waals surface area (Å²) in [6, 6.07) is 5.87. The van der Waals surface area contributed by atoms with Crippen molar-refractivity contribution < 1.29 is 18.9 Å². The van der Waals surface area contributed by atoms with Crippen molar-refractivity contribution >= 4 is 10.8 Å². The van der Waals surface area contributed by atoms with E-state index in [0.29, 0.717) is 23.8 Å². The SMILES string of the molecule is COc1cc2cc(OC)c(OC)c(CCCN)c2cc1OC. The van der Waals surface area contributed by atoms with Gasteiger partial charge in [-0.15, -0.1) is 0 Å². The number of rotatable bonds is 7. The summed E-state index contributed by atoms with van der Waals surface area (Å²) in [5, 5.41) is 2.08. The van der Waals surface area contributed by atoms with Crippen molar-refractivity contribution in [3.05, 3.63) is 23.8 Å². The van der Waals surface area contributed by atoms with Crippen LogP contribution in [0.25, 0.3) is 10.8 Å². The van der Waals surface area contributed by atoms with Crippen molar-refractivity contribution in [2.24, 2.45) is 5.73 Å². The first-order valence-electron chi connectivity index (χ1n) is 7.19. The van der Waals surface area contributed by atoms with Crippen molar-refractivity contribution in [2.45, 2.75) is 12.8 Å². The van der Waals surface area contributed by atoms with Crippen LogP contribution in [0.15, 0.2) is 18.2 Å². The Kier molecular flexibility index (Phi) is 5.33. The average molecular weight is 305 g/mol. The van der Waals surface area contributed by atoms with Crippen molar-refractivity contribution in [3.8, 4) is 23.0 Å². The van der Waals surface area contributed by atoms with E-state index in [1.807, 2.05) is 18.2 Å². The normalized spacial score (nSPS) is 10.6. The number of methoxy groups -OCH3 is 4. The van der Waals surface area contributed by atoms with Crippen LogP contribution in [0.2, 0.25) is 0 Å². The minimum absolute atomic E-state index is 0.620. The van der Waals surface area contributed by atoms with Crippen LogP contribution in [0.1, 0.15) is 12.0 Å². The molecule has 2 aromatic rings. The summed E-state index contributed by atoms with van der Waals surface area (Å²) in [5.74, 6) is 2.83. The topological polar surface area (TPSA) is 62.9 Å². The monoisotopic (exact) mass is 305 g/mol. The molecule has 0 aliphatic carbocycles. The van der Waals surface area contributed by atoms with Gasteiger partial charge in [0, 0.05) is 5.56 Å². The molecule has 0 radical (unpaired) electrons. The Morgan fingerprint density at radius 1 is 0.818 bits per heavy atom. The van der Waals surface area contributed by atoms with Gasteiger partial charge in [0.25, 0.3) is 0 Å². The quantitative estimate of drug-likeness (QED) is 0.852. The predicted octanol–water partition coefficient (Wildman–Crippen LogP) is 2.77. The number of fused-ring (bicyclic) bond motifs is 1. The van der Waals surface area contributed by atoms with Crippen molar-refractivity contribution in [3.63, 3.8) is 0 Å². The summed E-state index contributed by atoms with van der Waals surface area (Å²) in [6.07, 6.45) is 1.68. The molecule has 0 heterocycles. The molecule has 0 saturated heterocycles. The molecule has 0 amide bonds. The molecule has 0 fully saturated rings. The van der Waals surface area contributed by atoms with E-state index in [0.717, 1.165) is 34.9 Å². The van der Waals surface area contributed by atoms with Crippen molar-refractivity contribution in [1.82, 2.24) is 0 Å². The van der Waals surface area contributed by atoms with Crippen LogP contribution in [-0.2, 0) is 6.42 Å². The molecule has 0 aromatic heterocycles. The van der Waals surface area contributed by atoms with Gasteiger partial charge in [-0.2, -0.15) is 0 Å². The summed E-state index contributed by atoms with van der Waals surface area (Å²) in [7, 11) is 6.54. The second-order valence-electron chi connectivity index (χ2n) is 4.91. The van der Waals surface area contributed by atoms with Gasteiger partial charge in [-0.05, 0) is 48.4 Å². The molecular formula is C17H23NO4. The second-order valence-corrected chi connectivity index (χ2v) is 4.91. The van der Waals surface area contributed by atoms with E-state index in [9.17, 15) is 0 Å². The lowest BCUT2D eigenvalue weighted by atomic mass is 9.98. The second kappa shape index (κ2) is 7.22. The van der Waals surface area contributed by atoms with Gasteiger partial charge in [0.2, 0.25) is 0 Å².